The molecule has 1 unspecified atom stereocenters. The highest BCUT2D eigenvalue weighted by molar-refractivity contribution is 5.79. The van der Waals surface area contributed by atoms with E-state index in [2.05, 4.69) is 5.32 Å². The number of carbonyl (C=O) groups is 2. The summed E-state index contributed by atoms with van der Waals surface area (Å²) in [6, 6.07) is 0.517. The van der Waals surface area contributed by atoms with Gasteiger partial charge in [-0.15, -0.1) is 0 Å². The van der Waals surface area contributed by atoms with E-state index in [0.29, 0.717) is 38.6 Å². The van der Waals surface area contributed by atoms with Crippen LogP contribution in [0.2, 0.25) is 0 Å². The van der Waals surface area contributed by atoms with Crippen molar-refractivity contribution in [2.45, 2.75) is 31.7 Å². The summed E-state index contributed by atoms with van der Waals surface area (Å²) in [6.07, 6.45) is 3.96. The topological polar surface area (TPSA) is 61.9 Å². The van der Waals surface area contributed by atoms with Gasteiger partial charge in [-0.1, -0.05) is 0 Å². The first-order chi connectivity index (χ1) is 9.70. The van der Waals surface area contributed by atoms with Crippen molar-refractivity contribution in [3.8, 4) is 0 Å². The first-order valence-corrected chi connectivity index (χ1v) is 7.48. The molecule has 0 aromatic carbocycles. The van der Waals surface area contributed by atoms with Crippen LogP contribution < -0.4 is 5.32 Å². The maximum Gasteiger partial charge on any atom is 0.248 e. The maximum atomic E-state index is 12.1. The first-order valence-electron chi connectivity index (χ1n) is 7.48. The molecule has 0 radical (unpaired) electrons. The molecule has 0 spiro atoms. The third kappa shape index (κ3) is 4.18. The molecule has 114 valence electrons. The van der Waals surface area contributed by atoms with Gasteiger partial charge in [0.15, 0.2) is 0 Å². The molecule has 2 aliphatic rings. The van der Waals surface area contributed by atoms with E-state index < -0.39 is 0 Å². The fraction of sp³-hybridized carbons (Fsp3) is 0.857. The molecule has 1 N–H and O–H groups in total. The molecule has 1 atom stereocenters. The van der Waals surface area contributed by atoms with E-state index in [1.807, 2.05) is 4.90 Å². The highest BCUT2D eigenvalue weighted by Crippen LogP contribution is 2.12. The van der Waals surface area contributed by atoms with Crippen LogP contribution in [-0.2, 0) is 14.3 Å². The van der Waals surface area contributed by atoms with E-state index in [9.17, 15) is 9.59 Å². The van der Waals surface area contributed by atoms with Crippen molar-refractivity contribution in [2.75, 3.05) is 46.4 Å². The molecule has 2 fully saturated rings. The van der Waals surface area contributed by atoms with Crippen molar-refractivity contribution in [1.82, 2.24) is 15.1 Å². The van der Waals surface area contributed by atoms with Gasteiger partial charge in [-0.05, 0) is 25.8 Å². The quantitative estimate of drug-likeness (QED) is 0.761. The number of methoxy groups -OCH3 is 1. The Hall–Kier alpha value is -1.14. The van der Waals surface area contributed by atoms with E-state index in [4.69, 9.17) is 4.74 Å². The molecule has 0 aliphatic carbocycles. The molecule has 2 saturated heterocycles. The smallest absolute Gasteiger partial charge is 0.248 e. The zero-order valence-corrected chi connectivity index (χ0v) is 12.3. The van der Waals surface area contributed by atoms with Crippen LogP contribution in [0.15, 0.2) is 0 Å². The third-order valence-corrected chi connectivity index (χ3v) is 4.12. The van der Waals surface area contributed by atoms with Gasteiger partial charge in [-0.2, -0.15) is 0 Å². The second-order valence-corrected chi connectivity index (χ2v) is 5.53. The van der Waals surface area contributed by atoms with Crippen LogP contribution in [0.5, 0.6) is 0 Å². The van der Waals surface area contributed by atoms with Crippen LogP contribution >= 0.6 is 0 Å². The lowest BCUT2D eigenvalue weighted by molar-refractivity contribution is -0.141. The zero-order chi connectivity index (χ0) is 14.4. The summed E-state index contributed by atoms with van der Waals surface area (Å²) in [7, 11) is 1.52. The maximum absolute atomic E-state index is 12.1. The fourth-order valence-corrected chi connectivity index (χ4v) is 2.88. The average molecular weight is 283 g/mol. The molecular formula is C14H25N3O3. The minimum Gasteiger partial charge on any atom is -0.375 e. The monoisotopic (exact) mass is 283 g/mol. The molecule has 2 heterocycles. The van der Waals surface area contributed by atoms with Gasteiger partial charge in [-0.3, -0.25) is 9.59 Å². The highest BCUT2D eigenvalue weighted by atomic mass is 16.5. The molecule has 2 rings (SSSR count). The lowest BCUT2D eigenvalue weighted by atomic mass is 10.1. The van der Waals surface area contributed by atoms with E-state index in [1.165, 1.54) is 20.0 Å². The Morgan fingerprint density at radius 3 is 2.35 bits per heavy atom. The third-order valence-electron chi connectivity index (χ3n) is 4.12. The van der Waals surface area contributed by atoms with E-state index in [-0.39, 0.29) is 18.4 Å². The molecule has 0 aromatic heterocycles. The number of ether oxygens (including phenoxy) is 1. The molecule has 20 heavy (non-hydrogen) atoms. The SMILES string of the molecule is COCC(=O)N1CCN(C(=O)CCC2CCCN2)CC1. The molecule has 6 nitrogen and oxygen atoms in total. The number of rotatable bonds is 5. The number of nitrogens with zero attached hydrogens (tertiary/aromatic N) is 2. The fourth-order valence-electron chi connectivity index (χ4n) is 2.88. The molecule has 2 amide bonds. The normalized spacial score (nSPS) is 23.1. The number of amides is 2. The Balaban J connectivity index is 1.67. The Morgan fingerprint density at radius 1 is 1.15 bits per heavy atom. The van der Waals surface area contributed by atoms with Gasteiger partial charge in [0.25, 0.3) is 0 Å². The number of hydrogen-bond acceptors (Lipinski definition) is 4. The summed E-state index contributed by atoms with van der Waals surface area (Å²) in [4.78, 5) is 27.4. The number of nitrogens with one attached hydrogen (secondary N) is 1. The highest BCUT2D eigenvalue weighted by Gasteiger charge is 2.24. The summed E-state index contributed by atoms with van der Waals surface area (Å²) < 4.78 is 4.85. The van der Waals surface area contributed by atoms with Gasteiger partial charge >= 0.3 is 0 Å². The van der Waals surface area contributed by atoms with Gasteiger partial charge in [0.05, 0.1) is 0 Å². The number of hydrogen-bond donors (Lipinski definition) is 1. The van der Waals surface area contributed by atoms with Crippen LogP contribution in [0.25, 0.3) is 0 Å². The average Bonchev–Trinajstić information content (AvgIpc) is 2.98. The summed E-state index contributed by atoms with van der Waals surface area (Å²) in [5.41, 5.74) is 0. The van der Waals surface area contributed by atoms with Crippen molar-refractivity contribution < 1.29 is 14.3 Å². The molecule has 0 saturated carbocycles. The van der Waals surface area contributed by atoms with Crippen LogP contribution in [0.3, 0.4) is 0 Å². The van der Waals surface area contributed by atoms with Crippen molar-refractivity contribution >= 4 is 11.8 Å². The summed E-state index contributed by atoms with van der Waals surface area (Å²) in [5, 5.41) is 3.41. The summed E-state index contributed by atoms with van der Waals surface area (Å²) in [6.45, 7) is 3.74. The van der Waals surface area contributed by atoms with E-state index in [0.717, 1.165) is 13.0 Å². The summed E-state index contributed by atoms with van der Waals surface area (Å²) >= 11 is 0. The van der Waals surface area contributed by atoms with Crippen molar-refractivity contribution in [2.24, 2.45) is 0 Å². The molecule has 2 aliphatic heterocycles. The number of carbonyl (C=O) groups excluding carboxylic acids is 2. The predicted octanol–water partition coefficient (Wildman–Crippen LogP) is -0.164. The predicted molar refractivity (Wildman–Crippen MR) is 75.3 cm³/mol. The molecule has 6 heteroatoms. The zero-order valence-electron chi connectivity index (χ0n) is 12.3. The lowest BCUT2D eigenvalue weighted by Gasteiger charge is -2.34. The van der Waals surface area contributed by atoms with Crippen molar-refractivity contribution in [1.29, 1.82) is 0 Å². The number of piperazine rings is 1. The van der Waals surface area contributed by atoms with Crippen molar-refractivity contribution in [3.63, 3.8) is 0 Å². The van der Waals surface area contributed by atoms with Crippen LogP contribution in [-0.4, -0.2) is 74.1 Å². The standard InChI is InChI=1S/C14H25N3O3/c1-20-11-14(19)17-9-7-16(8-10-17)13(18)5-4-12-3-2-6-15-12/h12,15H,2-11H2,1H3. The molecule has 0 bridgehead atoms. The largest absolute Gasteiger partial charge is 0.375 e. The van der Waals surface area contributed by atoms with Crippen LogP contribution in [0, 0.1) is 0 Å². The Labute approximate surface area is 120 Å². The Bertz CT molecular complexity index is 335. The minimum atomic E-state index is 0.00903. The van der Waals surface area contributed by atoms with E-state index in [1.54, 1.807) is 4.90 Å². The molecular weight excluding hydrogens is 258 g/mol. The molecule has 0 aromatic rings. The van der Waals surface area contributed by atoms with Gasteiger partial charge in [-0.25, -0.2) is 0 Å². The van der Waals surface area contributed by atoms with Crippen LogP contribution in [0.1, 0.15) is 25.7 Å². The Kier molecular flexibility index (Phi) is 5.79. The van der Waals surface area contributed by atoms with Gasteiger partial charge < -0.3 is 19.9 Å². The van der Waals surface area contributed by atoms with Crippen LogP contribution in [0.4, 0.5) is 0 Å². The van der Waals surface area contributed by atoms with Gasteiger partial charge in [0.1, 0.15) is 6.61 Å². The van der Waals surface area contributed by atoms with E-state index >= 15 is 0 Å². The first kappa shape index (κ1) is 15.3. The Morgan fingerprint density at radius 2 is 1.80 bits per heavy atom. The second-order valence-electron chi connectivity index (χ2n) is 5.53. The lowest BCUT2D eigenvalue weighted by Crippen LogP contribution is -2.51. The minimum absolute atomic E-state index is 0.00903. The summed E-state index contributed by atoms with van der Waals surface area (Å²) in [5.74, 6) is 0.229. The van der Waals surface area contributed by atoms with Crippen molar-refractivity contribution in [3.05, 3.63) is 0 Å². The van der Waals surface area contributed by atoms with Gasteiger partial charge in [0, 0.05) is 45.8 Å². The van der Waals surface area contributed by atoms with Gasteiger partial charge in [0.2, 0.25) is 11.8 Å². The second kappa shape index (κ2) is 7.59.